The number of carbonyl (C=O) groups is 1. The largest absolute Gasteiger partial charge is 0.323 e. The van der Waals surface area contributed by atoms with E-state index < -0.39 is 22.8 Å². The zero-order chi connectivity index (χ0) is 18.7. The smallest absolute Gasteiger partial charge is 0.237 e. The molecular weight excluding hydrogens is 344 g/mol. The van der Waals surface area contributed by atoms with E-state index in [4.69, 9.17) is 0 Å². The quantitative estimate of drug-likeness (QED) is 0.762. The summed E-state index contributed by atoms with van der Waals surface area (Å²) < 4.78 is 29.0. The SMILES string of the molecule is Cc1nc(SC(C)C(=O)Nc2cc(F)ccc2F)n(CC(C)C)c1C. The number of anilines is 1. The van der Waals surface area contributed by atoms with Gasteiger partial charge >= 0.3 is 0 Å². The standard InChI is InChI=1S/C18H23F2N3OS/c1-10(2)9-23-12(4)11(3)21-18(23)25-13(5)17(24)22-16-8-14(19)6-7-15(16)20/h6-8,10,13H,9H2,1-5H3,(H,22,24). The summed E-state index contributed by atoms with van der Waals surface area (Å²) in [7, 11) is 0. The molecule has 0 aliphatic carbocycles. The Morgan fingerprint density at radius 3 is 2.60 bits per heavy atom. The van der Waals surface area contributed by atoms with Crippen LogP contribution < -0.4 is 5.32 Å². The molecule has 1 N–H and O–H groups in total. The number of rotatable bonds is 6. The number of aryl methyl sites for hydroxylation is 1. The van der Waals surface area contributed by atoms with Gasteiger partial charge in [-0.05, 0) is 38.8 Å². The van der Waals surface area contributed by atoms with E-state index in [0.717, 1.165) is 41.3 Å². The van der Waals surface area contributed by atoms with Crippen LogP contribution in [0.1, 0.15) is 32.2 Å². The van der Waals surface area contributed by atoms with Gasteiger partial charge < -0.3 is 9.88 Å². The number of imidazole rings is 1. The molecule has 1 aromatic heterocycles. The van der Waals surface area contributed by atoms with Crippen LogP contribution in [-0.2, 0) is 11.3 Å². The van der Waals surface area contributed by atoms with Gasteiger partial charge in [0.1, 0.15) is 11.6 Å². The molecule has 1 amide bonds. The Kier molecular flexibility index (Phi) is 6.21. The predicted octanol–water partition coefficient (Wildman–Crippen LogP) is 4.55. The number of thioether (sulfide) groups is 1. The molecule has 25 heavy (non-hydrogen) atoms. The number of aromatic nitrogens is 2. The first-order valence-electron chi connectivity index (χ1n) is 8.15. The molecule has 136 valence electrons. The van der Waals surface area contributed by atoms with Crippen LogP contribution in [0.5, 0.6) is 0 Å². The van der Waals surface area contributed by atoms with Crippen LogP contribution >= 0.6 is 11.8 Å². The molecule has 0 fully saturated rings. The van der Waals surface area contributed by atoms with Crippen molar-refractivity contribution in [2.75, 3.05) is 5.32 Å². The Bertz CT molecular complexity index is 774. The maximum Gasteiger partial charge on any atom is 0.237 e. The number of carbonyl (C=O) groups excluding carboxylic acids is 1. The van der Waals surface area contributed by atoms with Gasteiger partial charge in [-0.15, -0.1) is 0 Å². The summed E-state index contributed by atoms with van der Waals surface area (Å²) in [4.78, 5) is 16.9. The highest BCUT2D eigenvalue weighted by Crippen LogP contribution is 2.27. The molecule has 0 radical (unpaired) electrons. The Labute approximate surface area is 151 Å². The third-order valence-corrected chi connectivity index (χ3v) is 4.90. The summed E-state index contributed by atoms with van der Waals surface area (Å²) in [6.07, 6.45) is 0. The average molecular weight is 367 g/mol. The number of benzene rings is 1. The van der Waals surface area contributed by atoms with Crippen molar-refractivity contribution in [3.63, 3.8) is 0 Å². The molecule has 0 saturated carbocycles. The Morgan fingerprint density at radius 1 is 1.28 bits per heavy atom. The summed E-state index contributed by atoms with van der Waals surface area (Å²) in [5, 5.41) is 2.69. The van der Waals surface area contributed by atoms with Crippen molar-refractivity contribution in [1.82, 2.24) is 9.55 Å². The molecule has 4 nitrogen and oxygen atoms in total. The number of halogens is 2. The molecule has 0 saturated heterocycles. The second-order valence-electron chi connectivity index (χ2n) is 6.44. The van der Waals surface area contributed by atoms with Crippen molar-refractivity contribution < 1.29 is 13.6 Å². The zero-order valence-corrected chi connectivity index (χ0v) is 15.9. The van der Waals surface area contributed by atoms with Crippen molar-refractivity contribution in [3.05, 3.63) is 41.2 Å². The Morgan fingerprint density at radius 2 is 1.96 bits per heavy atom. The number of amides is 1. The maximum atomic E-state index is 13.7. The van der Waals surface area contributed by atoms with Gasteiger partial charge in [-0.1, -0.05) is 25.6 Å². The number of nitrogens with one attached hydrogen (secondary N) is 1. The van der Waals surface area contributed by atoms with Gasteiger partial charge in [0.2, 0.25) is 5.91 Å². The average Bonchev–Trinajstić information content (AvgIpc) is 2.78. The van der Waals surface area contributed by atoms with Gasteiger partial charge in [-0.3, -0.25) is 4.79 Å². The second kappa shape index (κ2) is 7.99. The van der Waals surface area contributed by atoms with Crippen molar-refractivity contribution in [1.29, 1.82) is 0 Å². The van der Waals surface area contributed by atoms with Gasteiger partial charge in [0.15, 0.2) is 5.16 Å². The summed E-state index contributed by atoms with van der Waals surface area (Å²) in [5.74, 6) is -1.23. The minimum absolute atomic E-state index is 0.157. The van der Waals surface area contributed by atoms with E-state index in [2.05, 4.69) is 28.7 Å². The fourth-order valence-electron chi connectivity index (χ4n) is 2.33. The van der Waals surface area contributed by atoms with E-state index in [9.17, 15) is 13.6 Å². The highest BCUT2D eigenvalue weighted by Gasteiger charge is 2.21. The zero-order valence-electron chi connectivity index (χ0n) is 15.1. The third kappa shape index (κ3) is 4.81. The van der Waals surface area contributed by atoms with E-state index in [1.54, 1.807) is 6.92 Å². The van der Waals surface area contributed by atoms with Gasteiger partial charge in [-0.25, -0.2) is 13.8 Å². The molecule has 2 aromatic rings. The van der Waals surface area contributed by atoms with E-state index in [-0.39, 0.29) is 5.69 Å². The molecule has 0 bridgehead atoms. The third-order valence-electron chi connectivity index (χ3n) is 3.81. The van der Waals surface area contributed by atoms with Crippen LogP contribution in [-0.4, -0.2) is 20.7 Å². The lowest BCUT2D eigenvalue weighted by Gasteiger charge is -2.15. The highest BCUT2D eigenvalue weighted by molar-refractivity contribution is 8.00. The normalized spacial score (nSPS) is 12.5. The molecule has 1 unspecified atom stereocenters. The summed E-state index contributed by atoms with van der Waals surface area (Å²) in [5.41, 5.74) is 1.84. The first kappa shape index (κ1) is 19.4. The first-order chi connectivity index (χ1) is 11.7. The van der Waals surface area contributed by atoms with E-state index >= 15 is 0 Å². The minimum atomic E-state index is -0.667. The summed E-state index contributed by atoms with van der Waals surface area (Å²) >= 11 is 1.31. The van der Waals surface area contributed by atoms with Gasteiger partial charge in [0.05, 0.1) is 16.6 Å². The van der Waals surface area contributed by atoms with Gasteiger partial charge in [0, 0.05) is 18.3 Å². The van der Waals surface area contributed by atoms with Crippen molar-refractivity contribution in [2.24, 2.45) is 5.92 Å². The number of hydrogen-bond donors (Lipinski definition) is 1. The van der Waals surface area contributed by atoms with Crippen molar-refractivity contribution in [2.45, 2.75) is 51.6 Å². The predicted molar refractivity (Wildman–Crippen MR) is 96.8 cm³/mol. The van der Waals surface area contributed by atoms with Crippen LogP contribution in [0.25, 0.3) is 0 Å². The lowest BCUT2D eigenvalue weighted by molar-refractivity contribution is -0.115. The summed E-state index contributed by atoms with van der Waals surface area (Å²) in [6.45, 7) is 10.7. The van der Waals surface area contributed by atoms with E-state index in [1.807, 2.05) is 13.8 Å². The van der Waals surface area contributed by atoms with Crippen LogP contribution in [0.15, 0.2) is 23.4 Å². The van der Waals surface area contributed by atoms with Crippen molar-refractivity contribution in [3.8, 4) is 0 Å². The molecule has 1 aromatic carbocycles. The topological polar surface area (TPSA) is 46.9 Å². The molecule has 0 aliphatic heterocycles. The molecule has 1 heterocycles. The fraction of sp³-hybridized carbons (Fsp3) is 0.444. The molecule has 1 atom stereocenters. The number of nitrogens with zero attached hydrogens (tertiary/aromatic N) is 2. The van der Waals surface area contributed by atoms with Crippen LogP contribution in [0.2, 0.25) is 0 Å². The van der Waals surface area contributed by atoms with E-state index in [1.165, 1.54) is 11.8 Å². The van der Waals surface area contributed by atoms with Crippen LogP contribution in [0.3, 0.4) is 0 Å². The van der Waals surface area contributed by atoms with Crippen LogP contribution in [0.4, 0.5) is 14.5 Å². The second-order valence-corrected chi connectivity index (χ2v) is 7.75. The summed E-state index contributed by atoms with van der Waals surface area (Å²) in [6, 6.07) is 2.97. The number of hydrogen-bond acceptors (Lipinski definition) is 3. The minimum Gasteiger partial charge on any atom is -0.323 e. The Balaban J connectivity index is 2.14. The molecule has 7 heteroatoms. The van der Waals surface area contributed by atoms with Gasteiger partial charge in [-0.2, -0.15) is 0 Å². The Hall–Kier alpha value is -1.89. The maximum absolute atomic E-state index is 13.7. The fourth-order valence-corrected chi connectivity index (χ4v) is 3.34. The molecule has 0 spiro atoms. The molecule has 0 aliphatic rings. The molecular formula is C18H23F2N3OS. The highest BCUT2D eigenvalue weighted by atomic mass is 32.2. The van der Waals surface area contributed by atoms with Gasteiger partial charge in [0.25, 0.3) is 0 Å². The lowest BCUT2D eigenvalue weighted by atomic mass is 10.2. The van der Waals surface area contributed by atoms with Crippen LogP contribution in [0, 0.1) is 31.4 Å². The monoisotopic (exact) mass is 367 g/mol. The first-order valence-corrected chi connectivity index (χ1v) is 9.03. The lowest BCUT2D eigenvalue weighted by Crippen LogP contribution is -2.23. The molecule has 2 rings (SSSR count). The van der Waals surface area contributed by atoms with Crippen molar-refractivity contribution >= 4 is 23.4 Å². The van der Waals surface area contributed by atoms with E-state index in [0.29, 0.717) is 5.92 Å².